The molecule has 0 aliphatic carbocycles. The Kier molecular flexibility index (Phi) is 4.44. The van der Waals surface area contributed by atoms with Gasteiger partial charge >= 0.3 is 0 Å². The molecule has 9 heteroatoms. The van der Waals surface area contributed by atoms with Crippen molar-refractivity contribution >= 4 is 17.2 Å². The second-order valence-electron chi connectivity index (χ2n) is 7.00. The summed E-state index contributed by atoms with van der Waals surface area (Å²) in [4.78, 5) is 19.8. The number of hydrogen-bond acceptors (Lipinski definition) is 7. The number of aromatic nitrogens is 5. The highest BCUT2D eigenvalue weighted by Gasteiger charge is 2.30. The van der Waals surface area contributed by atoms with Crippen molar-refractivity contribution in [3.63, 3.8) is 0 Å². The van der Waals surface area contributed by atoms with Crippen LogP contribution in [-0.4, -0.2) is 49.0 Å². The molecule has 3 aromatic heterocycles. The monoisotopic (exact) mass is 406 g/mol. The van der Waals surface area contributed by atoms with Crippen LogP contribution in [0.3, 0.4) is 0 Å². The minimum Gasteiger partial charge on any atom is -0.336 e. The molecule has 0 spiro atoms. The summed E-state index contributed by atoms with van der Waals surface area (Å²) in [6.45, 7) is 3.28. The Morgan fingerprint density at radius 2 is 2.10 bits per heavy atom. The number of hydrogen-bond donors (Lipinski definition) is 0. The predicted octanol–water partition coefficient (Wildman–Crippen LogP) is 3.45. The van der Waals surface area contributed by atoms with Crippen LogP contribution in [-0.2, 0) is 0 Å². The number of rotatable bonds is 4. The second kappa shape index (κ2) is 7.25. The van der Waals surface area contributed by atoms with Gasteiger partial charge in [-0.25, -0.2) is 4.68 Å². The fourth-order valence-corrected chi connectivity index (χ4v) is 4.35. The summed E-state index contributed by atoms with van der Waals surface area (Å²) >= 11 is 1.49. The Morgan fingerprint density at radius 3 is 2.90 bits per heavy atom. The van der Waals surface area contributed by atoms with Crippen molar-refractivity contribution in [2.24, 2.45) is 0 Å². The Hall–Kier alpha value is -3.33. The van der Waals surface area contributed by atoms with Crippen LogP contribution in [0.15, 0.2) is 52.5 Å². The van der Waals surface area contributed by atoms with E-state index in [-0.39, 0.29) is 11.9 Å². The van der Waals surface area contributed by atoms with Crippen LogP contribution in [0.2, 0.25) is 0 Å². The van der Waals surface area contributed by atoms with E-state index >= 15 is 0 Å². The molecule has 1 aliphatic rings. The average molecular weight is 406 g/mol. The van der Waals surface area contributed by atoms with Crippen molar-refractivity contribution in [3.05, 3.63) is 58.4 Å². The van der Waals surface area contributed by atoms with Gasteiger partial charge in [0.2, 0.25) is 5.82 Å². The van der Waals surface area contributed by atoms with Gasteiger partial charge in [-0.3, -0.25) is 4.79 Å². The molecule has 0 N–H and O–H groups in total. The smallest absolute Gasteiger partial charge is 0.280 e. The van der Waals surface area contributed by atoms with E-state index < -0.39 is 0 Å². The lowest BCUT2D eigenvalue weighted by molar-refractivity contribution is 0.0791. The Labute approximate surface area is 170 Å². The average Bonchev–Trinajstić information content (AvgIpc) is 3.54. The Morgan fingerprint density at radius 1 is 1.24 bits per heavy atom. The van der Waals surface area contributed by atoms with E-state index in [2.05, 4.69) is 20.5 Å². The van der Waals surface area contributed by atoms with E-state index in [1.54, 1.807) is 10.9 Å². The summed E-state index contributed by atoms with van der Waals surface area (Å²) < 4.78 is 7.15. The largest absolute Gasteiger partial charge is 0.336 e. The number of benzene rings is 1. The Balaban J connectivity index is 1.30. The van der Waals surface area contributed by atoms with Gasteiger partial charge in [0.05, 0.1) is 17.1 Å². The SMILES string of the molecule is Cc1ccsc1C(=O)N1CC[C@@H](n2cc(-c3nc(-c4ccccc4)no3)nn2)C1. The third kappa shape index (κ3) is 3.33. The van der Waals surface area contributed by atoms with Gasteiger partial charge in [-0.1, -0.05) is 40.7 Å². The summed E-state index contributed by atoms with van der Waals surface area (Å²) in [5.74, 6) is 0.930. The molecule has 0 radical (unpaired) electrons. The van der Waals surface area contributed by atoms with Gasteiger partial charge in [-0.2, -0.15) is 4.98 Å². The number of carbonyl (C=O) groups is 1. The number of thiophene rings is 1. The minimum absolute atomic E-state index is 0.0805. The summed E-state index contributed by atoms with van der Waals surface area (Å²) in [5.41, 5.74) is 2.43. The van der Waals surface area contributed by atoms with Gasteiger partial charge in [0.1, 0.15) is 0 Å². The molecule has 146 valence electrons. The molecule has 1 amide bonds. The lowest BCUT2D eigenvalue weighted by Gasteiger charge is -2.16. The van der Waals surface area contributed by atoms with Crippen molar-refractivity contribution in [3.8, 4) is 23.0 Å². The van der Waals surface area contributed by atoms with Crippen LogP contribution < -0.4 is 0 Å². The van der Waals surface area contributed by atoms with Gasteiger partial charge in [0, 0.05) is 18.7 Å². The van der Waals surface area contributed by atoms with Crippen molar-refractivity contribution in [1.82, 2.24) is 30.0 Å². The number of nitrogens with zero attached hydrogens (tertiary/aromatic N) is 6. The summed E-state index contributed by atoms with van der Waals surface area (Å²) in [7, 11) is 0. The van der Waals surface area contributed by atoms with E-state index in [4.69, 9.17) is 4.52 Å². The fraction of sp³-hybridized carbons (Fsp3) is 0.250. The molecule has 8 nitrogen and oxygen atoms in total. The Bertz CT molecular complexity index is 1150. The topological polar surface area (TPSA) is 89.9 Å². The first-order valence-corrected chi connectivity index (χ1v) is 10.2. The maximum absolute atomic E-state index is 12.7. The molecule has 29 heavy (non-hydrogen) atoms. The predicted molar refractivity (Wildman–Crippen MR) is 107 cm³/mol. The molecule has 5 rings (SSSR count). The molecular formula is C20H18N6O2S. The number of likely N-dealkylation sites (tertiary alicyclic amines) is 1. The highest BCUT2D eigenvalue weighted by Crippen LogP contribution is 2.27. The van der Waals surface area contributed by atoms with Crippen LogP contribution >= 0.6 is 11.3 Å². The lowest BCUT2D eigenvalue weighted by Crippen LogP contribution is -2.29. The van der Waals surface area contributed by atoms with Crippen molar-refractivity contribution in [1.29, 1.82) is 0 Å². The number of aryl methyl sites for hydroxylation is 1. The van der Waals surface area contributed by atoms with Crippen molar-refractivity contribution < 1.29 is 9.32 Å². The zero-order valence-corrected chi connectivity index (χ0v) is 16.5. The van der Waals surface area contributed by atoms with E-state index in [1.807, 2.05) is 53.6 Å². The van der Waals surface area contributed by atoms with Crippen LogP contribution in [0, 0.1) is 6.92 Å². The minimum atomic E-state index is 0.0805. The second-order valence-corrected chi connectivity index (χ2v) is 7.92. The van der Waals surface area contributed by atoms with E-state index in [1.165, 1.54) is 11.3 Å². The molecule has 1 aromatic carbocycles. The summed E-state index contributed by atoms with van der Waals surface area (Å²) in [5, 5.41) is 14.4. The first kappa shape index (κ1) is 17.7. The molecule has 1 fully saturated rings. The zero-order chi connectivity index (χ0) is 19.8. The zero-order valence-electron chi connectivity index (χ0n) is 15.7. The van der Waals surface area contributed by atoms with Crippen LogP contribution in [0.25, 0.3) is 23.0 Å². The standard InChI is InChI=1S/C20H18N6O2S/c1-13-8-10-29-17(13)20(27)25-9-7-15(11-25)26-12-16(22-24-26)19-21-18(23-28-19)14-5-3-2-4-6-14/h2-6,8,10,12,15H,7,9,11H2,1H3/t15-/m1/s1. The molecule has 1 aliphatic heterocycles. The number of amides is 1. The van der Waals surface area contributed by atoms with Gasteiger partial charge in [0.25, 0.3) is 11.8 Å². The first-order chi connectivity index (χ1) is 14.2. The quantitative estimate of drug-likeness (QED) is 0.516. The van der Waals surface area contributed by atoms with Gasteiger partial charge in [-0.15, -0.1) is 16.4 Å². The normalized spacial score (nSPS) is 16.4. The summed E-state index contributed by atoms with van der Waals surface area (Å²) in [6, 6.07) is 11.7. The van der Waals surface area contributed by atoms with Gasteiger partial charge in [-0.05, 0) is 30.4 Å². The third-order valence-corrected chi connectivity index (χ3v) is 6.07. The highest BCUT2D eigenvalue weighted by molar-refractivity contribution is 7.12. The lowest BCUT2D eigenvalue weighted by atomic mass is 10.2. The van der Waals surface area contributed by atoms with Crippen molar-refractivity contribution in [2.45, 2.75) is 19.4 Å². The highest BCUT2D eigenvalue weighted by atomic mass is 32.1. The van der Waals surface area contributed by atoms with Gasteiger partial charge < -0.3 is 9.42 Å². The van der Waals surface area contributed by atoms with E-state index in [0.29, 0.717) is 30.5 Å². The van der Waals surface area contributed by atoms with Crippen molar-refractivity contribution in [2.75, 3.05) is 13.1 Å². The molecule has 4 aromatic rings. The first-order valence-electron chi connectivity index (χ1n) is 9.34. The molecule has 1 saturated heterocycles. The molecule has 0 unspecified atom stereocenters. The van der Waals surface area contributed by atoms with E-state index in [0.717, 1.165) is 22.4 Å². The fourth-order valence-electron chi connectivity index (χ4n) is 3.46. The van der Waals surface area contributed by atoms with E-state index in [9.17, 15) is 4.79 Å². The molecule has 0 bridgehead atoms. The maximum atomic E-state index is 12.7. The molecule has 1 atom stereocenters. The molecule has 4 heterocycles. The van der Waals surface area contributed by atoms with Gasteiger partial charge in [0.15, 0.2) is 5.69 Å². The summed E-state index contributed by atoms with van der Waals surface area (Å²) in [6.07, 6.45) is 2.63. The van der Waals surface area contributed by atoms with Crippen LogP contribution in [0.1, 0.15) is 27.7 Å². The maximum Gasteiger partial charge on any atom is 0.280 e. The number of carbonyl (C=O) groups excluding carboxylic acids is 1. The molecule has 0 saturated carbocycles. The third-order valence-electron chi connectivity index (χ3n) is 5.07. The van der Waals surface area contributed by atoms with Crippen LogP contribution in [0.5, 0.6) is 0 Å². The van der Waals surface area contributed by atoms with Crippen LogP contribution in [0.4, 0.5) is 0 Å². The molecular weight excluding hydrogens is 388 g/mol.